The number of nitrogens with one attached hydrogen (secondary N) is 1. The van der Waals surface area contributed by atoms with Crippen molar-refractivity contribution < 1.29 is 14.1 Å². The average Bonchev–Trinajstić information content (AvgIpc) is 3.22. The first-order valence-corrected chi connectivity index (χ1v) is 8.14. The van der Waals surface area contributed by atoms with E-state index in [1.54, 1.807) is 18.0 Å². The first kappa shape index (κ1) is 17.0. The molecular weight excluding hydrogens is 324 g/mol. The van der Waals surface area contributed by atoms with Crippen LogP contribution in [-0.4, -0.2) is 59.3 Å². The van der Waals surface area contributed by atoms with E-state index in [1.807, 2.05) is 31.1 Å². The summed E-state index contributed by atoms with van der Waals surface area (Å²) in [6, 6.07) is 3.57. The molecule has 0 bridgehead atoms. The molecule has 9 nitrogen and oxygen atoms in total. The molecule has 25 heavy (non-hydrogen) atoms. The normalized spacial score (nSPS) is 16.8. The SMILES string of the molecule is Cc1noc(CNC(=O)N2CC[C@@H](Oc3cccnc3N(C)C)C2)n1. The molecule has 0 aliphatic carbocycles. The number of nitrogens with zero attached hydrogens (tertiary/aromatic N) is 5. The van der Waals surface area contributed by atoms with Crippen molar-refractivity contribution >= 4 is 11.8 Å². The third-order valence-corrected chi connectivity index (χ3v) is 3.86. The molecule has 2 aromatic rings. The van der Waals surface area contributed by atoms with Gasteiger partial charge in [0.2, 0.25) is 5.89 Å². The first-order valence-electron chi connectivity index (χ1n) is 8.14. The van der Waals surface area contributed by atoms with Gasteiger partial charge in [-0.1, -0.05) is 5.16 Å². The van der Waals surface area contributed by atoms with Crippen LogP contribution >= 0.6 is 0 Å². The number of urea groups is 1. The lowest BCUT2D eigenvalue weighted by molar-refractivity contribution is 0.185. The maximum atomic E-state index is 12.2. The zero-order chi connectivity index (χ0) is 17.8. The molecule has 0 saturated carbocycles. The van der Waals surface area contributed by atoms with Crippen molar-refractivity contribution in [3.63, 3.8) is 0 Å². The van der Waals surface area contributed by atoms with Crippen LogP contribution in [0.4, 0.5) is 10.6 Å². The Labute approximate surface area is 146 Å². The summed E-state index contributed by atoms with van der Waals surface area (Å²) in [7, 11) is 3.84. The molecule has 9 heteroatoms. The molecule has 1 aliphatic rings. The van der Waals surface area contributed by atoms with Gasteiger partial charge in [-0.2, -0.15) is 4.98 Å². The van der Waals surface area contributed by atoms with Crippen LogP contribution in [0, 0.1) is 6.92 Å². The molecule has 0 spiro atoms. The molecule has 2 amide bonds. The summed E-state index contributed by atoms with van der Waals surface area (Å²) in [5, 5.41) is 6.48. The van der Waals surface area contributed by atoms with Gasteiger partial charge in [0.05, 0.1) is 13.1 Å². The quantitative estimate of drug-likeness (QED) is 0.869. The highest BCUT2D eigenvalue weighted by molar-refractivity contribution is 5.74. The van der Waals surface area contributed by atoms with E-state index in [2.05, 4.69) is 20.4 Å². The third-order valence-electron chi connectivity index (χ3n) is 3.86. The fourth-order valence-corrected chi connectivity index (χ4v) is 2.67. The Balaban J connectivity index is 1.52. The Morgan fingerprint density at radius 1 is 1.52 bits per heavy atom. The van der Waals surface area contributed by atoms with Gasteiger partial charge >= 0.3 is 6.03 Å². The predicted molar refractivity (Wildman–Crippen MR) is 90.4 cm³/mol. The Hall–Kier alpha value is -2.84. The number of anilines is 1. The average molecular weight is 346 g/mol. The summed E-state index contributed by atoms with van der Waals surface area (Å²) >= 11 is 0. The lowest BCUT2D eigenvalue weighted by Gasteiger charge is -2.20. The lowest BCUT2D eigenvalue weighted by atomic mass is 10.3. The number of ether oxygens (including phenoxy) is 1. The fourth-order valence-electron chi connectivity index (χ4n) is 2.67. The molecule has 0 aromatic carbocycles. The largest absolute Gasteiger partial charge is 0.485 e. The second-order valence-electron chi connectivity index (χ2n) is 6.09. The molecule has 1 N–H and O–H groups in total. The summed E-state index contributed by atoms with van der Waals surface area (Å²) in [6.45, 7) is 3.11. The van der Waals surface area contributed by atoms with E-state index in [9.17, 15) is 4.79 Å². The van der Waals surface area contributed by atoms with Gasteiger partial charge in [0.15, 0.2) is 17.4 Å². The Morgan fingerprint density at radius 3 is 3.08 bits per heavy atom. The van der Waals surface area contributed by atoms with Crippen LogP contribution in [-0.2, 0) is 6.54 Å². The van der Waals surface area contributed by atoms with E-state index < -0.39 is 0 Å². The Morgan fingerprint density at radius 2 is 2.36 bits per heavy atom. The van der Waals surface area contributed by atoms with Gasteiger partial charge in [0.1, 0.15) is 6.10 Å². The number of aromatic nitrogens is 3. The number of carbonyl (C=O) groups is 1. The molecule has 0 unspecified atom stereocenters. The van der Waals surface area contributed by atoms with Gasteiger partial charge in [0.25, 0.3) is 0 Å². The van der Waals surface area contributed by atoms with Crippen molar-refractivity contribution in [2.45, 2.75) is 26.0 Å². The standard InChI is InChI=1S/C16H22N6O3/c1-11-19-14(25-20-11)9-18-16(23)22-8-6-12(10-22)24-13-5-4-7-17-15(13)21(2)3/h4-5,7,12H,6,8-10H2,1-3H3,(H,18,23)/t12-/m1/s1. The number of aryl methyl sites for hydroxylation is 1. The molecule has 2 aromatic heterocycles. The number of hydrogen-bond acceptors (Lipinski definition) is 7. The maximum absolute atomic E-state index is 12.2. The number of rotatable bonds is 5. The van der Waals surface area contributed by atoms with Gasteiger partial charge in [0, 0.05) is 33.3 Å². The van der Waals surface area contributed by atoms with Crippen molar-refractivity contribution in [1.82, 2.24) is 25.3 Å². The van der Waals surface area contributed by atoms with E-state index in [4.69, 9.17) is 9.26 Å². The molecule has 0 radical (unpaired) electrons. The van der Waals surface area contributed by atoms with Gasteiger partial charge in [-0.15, -0.1) is 0 Å². The molecule has 134 valence electrons. The first-order chi connectivity index (χ1) is 12.0. The van der Waals surface area contributed by atoms with Crippen molar-refractivity contribution in [1.29, 1.82) is 0 Å². The van der Waals surface area contributed by atoms with Crippen molar-refractivity contribution in [3.05, 3.63) is 30.0 Å². The number of carbonyl (C=O) groups excluding carboxylic acids is 1. The highest BCUT2D eigenvalue weighted by atomic mass is 16.5. The van der Waals surface area contributed by atoms with Crippen LogP contribution < -0.4 is 15.0 Å². The fraction of sp³-hybridized carbons (Fsp3) is 0.500. The molecular formula is C16H22N6O3. The van der Waals surface area contributed by atoms with E-state index in [-0.39, 0.29) is 18.7 Å². The van der Waals surface area contributed by atoms with Crippen LogP contribution in [0.3, 0.4) is 0 Å². The number of pyridine rings is 1. The maximum Gasteiger partial charge on any atom is 0.317 e. The van der Waals surface area contributed by atoms with Gasteiger partial charge in [-0.25, -0.2) is 9.78 Å². The van der Waals surface area contributed by atoms with Crippen LogP contribution in [0.2, 0.25) is 0 Å². The third kappa shape index (κ3) is 4.17. The summed E-state index contributed by atoms with van der Waals surface area (Å²) in [5.41, 5.74) is 0. The van der Waals surface area contributed by atoms with E-state index in [0.717, 1.165) is 18.0 Å². The highest BCUT2D eigenvalue weighted by Crippen LogP contribution is 2.26. The Kier molecular flexibility index (Phi) is 5.01. The minimum absolute atomic E-state index is 0.0562. The number of amides is 2. The van der Waals surface area contributed by atoms with Crippen LogP contribution in [0.1, 0.15) is 18.1 Å². The summed E-state index contributed by atoms with van der Waals surface area (Å²) in [6.07, 6.45) is 2.45. The molecule has 3 rings (SSSR count). The highest BCUT2D eigenvalue weighted by Gasteiger charge is 2.28. The molecule has 1 fully saturated rings. The van der Waals surface area contributed by atoms with Crippen LogP contribution in [0.15, 0.2) is 22.9 Å². The molecule has 1 atom stereocenters. The van der Waals surface area contributed by atoms with E-state index >= 15 is 0 Å². The Bertz CT molecular complexity index is 732. The van der Waals surface area contributed by atoms with Gasteiger partial charge < -0.3 is 24.4 Å². The lowest BCUT2D eigenvalue weighted by Crippen LogP contribution is -2.39. The zero-order valence-corrected chi connectivity index (χ0v) is 14.6. The monoisotopic (exact) mass is 346 g/mol. The van der Waals surface area contributed by atoms with Crippen LogP contribution in [0.25, 0.3) is 0 Å². The van der Waals surface area contributed by atoms with Crippen molar-refractivity contribution in [2.24, 2.45) is 0 Å². The summed E-state index contributed by atoms with van der Waals surface area (Å²) < 4.78 is 11.0. The molecule has 1 aliphatic heterocycles. The van der Waals surface area contributed by atoms with Crippen LogP contribution in [0.5, 0.6) is 5.75 Å². The second kappa shape index (κ2) is 7.37. The minimum Gasteiger partial charge on any atom is -0.485 e. The molecule has 1 saturated heterocycles. The summed E-state index contributed by atoms with van der Waals surface area (Å²) in [4.78, 5) is 24.3. The van der Waals surface area contributed by atoms with Gasteiger partial charge in [-0.05, 0) is 19.1 Å². The number of hydrogen-bond donors (Lipinski definition) is 1. The van der Waals surface area contributed by atoms with E-state index in [0.29, 0.717) is 24.8 Å². The second-order valence-corrected chi connectivity index (χ2v) is 6.09. The topological polar surface area (TPSA) is 96.6 Å². The van der Waals surface area contributed by atoms with Crippen molar-refractivity contribution in [3.8, 4) is 5.75 Å². The number of likely N-dealkylation sites (tertiary alicyclic amines) is 1. The smallest absolute Gasteiger partial charge is 0.317 e. The molecule has 3 heterocycles. The van der Waals surface area contributed by atoms with E-state index in [1.165, 1.54) is 0 Å². The zero-order valence-electron chi connectivity index (χ0n) is 14.6. The van der Waals surface area contributed by atoms with Gasteiger partial charge in [-0.3, -0.25) is 0 Å². The summed E-state index contributed by atoms with van der Waals surface area (Å²) in [5.74, 6) is 2.44. The minimum atomic E-state index is -0.166. The predicted octanol–water partition coefficient (Wildman–Crippen LogP) is 1.20. The van der Waals surface area contributed by atoms with Crippen molar-refractivity contribution in [2.75, 3.05) is 32.1 Å².